The van der Waals surface area contributed by atoms with E-state index in [1.54, 1.807) is 24.3 Å². The number of carboxylic acids is 1. The molecule has 2 aromatic carbocycles. The first-order valence-electron chi connectivity index (χ1n) is 6.47. The average Bonchev–Trinajstić information content (AvgIpc) is 2.86. The Morgan fingerprint density at radius 1 is 1.27 bits per heavy atom. The van der Waals surface area contributed by atoms with Crippen LogP contribution in [-0.2, 0) is 0 Å². The molecule has 3 aromatic rings. The lowest BCUT2D eigenvalue weighted by atomic mass is 9.98. The molecule has 0 amide bonds. The van der Waals surface area contributed by atoms with Crippen molar-refractivity contribution < 1.29 is 14.3 Å². The fourth-order valence-electron chi connectivity index (χ4n) is 2.41. The summed E-state index contributed by atoms with van der Waals surface area (Å²) in [5.41, 5.74) is 2.51. The van der Waals surface area contributed by atoms with Gasteiger partial charge in [0.1, 0.15) is 10.7 Å². The van der Waals surface area contributed by atoms with Crippen LogP contribution in [0.5, 0.6) is 0 Å². The van der Waals surface area contributed by atoms with Crippen LogP contribution < -0.4 is 0 Å². The first-order valence-corrected chi connectivity index (χ1v) is 7.29. The van der Waals surface area contributed by atoms with Crippen molar-refractivity contribution in [2.24, 2.45) is 0 Å². The number of aryl methyl sites for hydroxylation is 1. The zero-order chi connectivity index (χ0) is 15.9. The van der Waals surface area contributed by atoms with Gasteiger partial charge >= 0.3 is 5.97 Å². The van der Waals surface area contributed by atoms with Crippen LogP contribution >= 0.6 is 11.3 Å². The topological polar surface area (TPSA) is 61.1 Å². The van der Waals surface area contributed by atoms with Crippen LogP contribution in [0.3, 0.4) is 0 Å². The molecule has 0 fully saturated rings. The first-order chi connectivity index (χ1) is 10.5. The van der Waals surface area contributed by atoms with Gasteiger partial charge in [-0.25, -0.2) is 9.18 Å². The second-order valence-electron chi connectivity index (χ2n) is 4.89. The molecule has 0 saturated heterocycles. The molecule has 3 rings (SSSR count). The number of halogens is 1. The Kier molecular flexibility index (Phi) is 3.39. The normalized spacial score (nSPS) is 10.6. The molecule has 1 heterocycles. The molecule has 0 unspecified atom stereocenters. The third-order valence-corrected chi connectivity index (χ3v) is 4.63. The largest absolute Gasteiger partial charge is 0.477 e. The number of thiophene rings is 1. The van der Waals surface area contributed by atoms with Gasteiger partial charge < -0.3 is 5.11 Å². The van der Waals surface area contributed by atoms with Gasteiger partial charge in [0.15, 0.2) is 0 Å². The third-order valence-electron chi connectivity index (χ3n) is 3.49. The van der Waals surface area contributed by atoms with Gasteiger partial charge in [-0.05, 0) is 42.3 Å². The maximum absolute atomic E-state index is 13.4. The maximum atomic E-state index is 13.4. The number of carbonyl (C=O) groups is 1. The molecule has 0 saturated carbocycles. The number of nitriles is 1. The molecule has 108 valence electrons. The Bertz CT molecular complexity index is 953. The number of benzene rings is 2. The fourth-order valence-corrected chi connectivity index (χ4v) is 3.49. The van der Waals surface area contributed by atoms with Gasteiger partial charge in [-0.3, -0.25) is 0 Å². The van der Waals surface area contributed by atoms with E-state index < -0.39 is 11.8 Å². The summed E-state index contributed by atoms with van der Waals surface area (Å²) >= 11 is 1.04. The number of aromatic carboxylic acids is 1. The van der Waals surface area contributed by atoms with Crippen molar-refractivity contribution in [2.75, 3.05) is 0 Å². The SMILES string of the molecule is Cc1ccc(-c2c(C(=O)O)sc3cc(F)ccc23)cc1C#N. The average molecular weight is 311 g/mol. The summed E-state index contributed by atoms with van der Waals surface area (Å²) < 4.78 is 13.9. The van der Waals surface area contributed by atoms with E-state index in [0.29, 0.717) is 26.8 Å². The van der Waals surface area contributed by atoms with Crippen molar-refractivity contribution in [1.82, 2.24) is 0 Å². The van der Waals surface area contributed by atoms with Gasteiger partial charge in [-0.2, -0.15) is 5.26 Å². The highest BCUT2D eigenvalue weighted by Gasteiger charge is 2.20. The Morgan fingerprint density at radius 3 is 2.73 bits per heavy atom. The molecule has 1 aromatic heterocycles. The van der Waals surface area contributed by atoms with Gasteiger partial charge in [-0.15, -0.1) is 11.3 Å². The molecular formula is C17H10FNO2S. The van der Waals surface area contributed by atoms with Crippen LogP contribution in [0.4, 0.5) is 4.39 Å². The van der Waals surface area contributed by atoms with E-state index >= 15 is 0 Å². The second kappa shape index (κ2) is 5.24. The molecule has 0 bridgehead atoms. The Hall–Kier alpha value is -2.71. The molecular weight excluding hydrogens is 301 g/mol. The highest BCUT2D eigenvalue weighted by molar-refractivity contribution is 7.21. The Balaban J connectivity index is 2.36. The molecule has 0 atom stereocenters. The lowest BCUT2D eigenvalue weighted by Crippen LogP contribution is -1.95. The van der Waals surface area contributed by atoms with Crippen molar-refractivity contribution in [2.45, 2.75) is 6.92 Å². The molecule has 0 radical (unpaired) electrons. The van der Waals surface area contributed by atoms with E-state index in [1.807, 2.05) is 6.92 Å². The van der Waals surface area contributed by atoms with Crippen LogP contribution in [-0.4, -0.2) is 11.1 Å². The highest BCUT2D eigenvalue weighted by Crippen LogP contribution is 2.39. The van der Waals surface area contributed by atoms with Crippen molar-refractivity contribution >= 4 is 27.4 Å². The smallest absolute Gasteiger partial charge is 0.346 e. The number of carboxylic acid groups (broad SMARTS) is 1. The zero-order valence-corrected chi connectivity index (χ0v) is 12.4. The summed E-state index contributed by atoms with van der Waals surface area (Å²) in [5.74, 6) is -1.46. The predicted molar refractivity (Wildman–Crippen MR) is 83.6 cm³/mol. The number of hydrogen-bond acceptors (Lipinski definition) is 3. The predicted octanol–water partition coefficient (Wildman–Crippen LogP) is 4.59. The van der Waals surface area contributed by atoms with Crippen molar-refractivity contribution in [3.63, 3.8) is 0 Å². The van der Waals surface area contributed by atoms with E-state index in [0.717, 1.165) is 16.9 Å². The summed E-state index contributed by atoms with van der Waals surface area (Å²) in [6.07, 6.45) is 0. The maximum Gasteiger partial charge on any atom is 0.346 e. The molecule has 0 aliphatic heterocycles. The number of hydrogen-bond donors (Lipinski definition) is 1. The van der Waals surface area contributed by atoms with Crippen LogP contribution in [0.15, 0.2) is 36.4 Å². The van der Waals surface area contributed by atoms with Gasteiger partial charge in [0.25, 0.3) is 0 Å². The van der Waals surface area contributed by atoms with Gasteiger partial charge in [0, 0.05) is 15.6 Å². The van der Waals surface area contributed by atoms with Crippen molar-refractivity contribution in [1.29, 1.82) is 5.26 Å². The van der Waals surface area contributed by atoms with Crippen LogP contribution in [0, 0.1) is 24.1 Å². The van der Waals surface area contributed by atoms with E-state index in [-0.39, 0.29) is 4.88 Å². The minimum Gasteiger partial charge on any atom is -0.477 e. The molecule has 0 aliphatic rings. The minimum atomic E-state index is -1.06. The van der Waals surface area contributed by atoms with Crippen molar-refractivity contribution in [3.05, 3.63) is 58.2 Å². The van der Waals surface area contributed by atoms with E-state index in [1.165, 1.54) is 12.1 Å². The second-order valence-corrected chi connectivity index (χ2v) is 5.95. The zero-order valence-electron chi connectivity index (χ0n) is 11.6. The summed E-state index contributed by atoms with van der Waals surface area (Å²) in [6, 6.07) is 11.6. The third kappa shape index (κ3) is 2.24. The van der Waals surface area contributed by atoms with Crippen molar-refractivity contribution in [3.8, 4) is 17.2 Å². The molecule has 0 aliphatic carbocycles. The van der Waals surface area contributed by atoms with Crippen LogP contribution in [0.25, 0.3) is 21.2 Å². The summed E-state index contributed by atoms with van der Waals surface area (Å²) in [5, 5.41) is 19.3. The number of rotatable bonds is 2. The van der Waals surface area contributed by atoms with E-state index in [4.69, 9.17) is 5.26 Å². The van der Waals surface area contributed by atoms with E-state index in [2.05, 4.69) is 6.07 Å². The molecule has 22 heavy (non-hydrogen) atoms. The van der Waals surface area contributed by atoms with Crippen LogP contribution in [0.1, 0.15) is 20.8 Å². The summed E-state index contributed by atoms with van der Waals surface area (Å²) in [4.78, 5) is 11.7. The van der Waals surface area contributed by atoms with Gasteiger partial charge in [0.05, 0.1) is 11.6 Å². The fraction of sp³-hybridized carbons (Fsp3) is 0.0588. The Morgan fingerprint density at radius 2 is 2.05 bits per heavy atom. The first kappa shape index (κ1) is 14.2. The number of nitrogens with zero attached hydrogens (tertiary/aromatic N) is 1. The molecule has 3 nitrogen and oxygen atoms in total. The van der Waals surface area contributed by atoms with Gasteiger partial charge in [-0.1, -0.05) is 12.1 Å². The lowest BCUT2D eigenvalue weighted by Gasteiger charge is -2.05. The minimum absolute atomic E-state index is 0.147. The number of fused-ring (bicyclic) bond motifs is 1. The Labute approximate surface area is 129 Å². The lowest BCUT2D eigenvalue weighted by molar-refractivity contribution is 0.0703. The van der Waals surface area contributed by atoms with Crippen LogP contribution in [0.2, 0.25) is 0 Å². The summed E-state index contributed by atoms with van der Waals surface area (Å²) in [6.45, 7) is 1.82. The summed E-state index contributed by atoms with van der Waals surface area (Å²) in [7, 11) is 0. The molecule has 5 heteroatoms. The standard InChI is InChI=1S/C17H10FNO2S/c1-9-2-3-10(6-11(9)8-19)15-13-5-4-12(18)7-14(13)22-16(15)17(20)21/h2-7H,1H3,(H,20,21). The van der Waals surface area contributed by atoms with Gasteiger partial charge in [0.2, 0.25) is 0 Å². The molecule has 1 N–H and O–H groups in total. The monoisotopic (exact) mass is 311 g/mol. The molecule has 0 spiro atoms. The highest BCUT2D eigenvalue weighted by atomic mass is 32.1. The quantitative estimate of drug-likeness (QED) is 0.753. The van der Waals surface area contributed by atoms with E-state index in [9.17, 15) is 14.3 Å².